The molecule has 0 aliphatic carbocycles. The van der Waals surface area contributed by atoms with Crippen molar-refractivity contribution in [1.29, 1.82) is 0 Å². The molecule has 6 nitrogen and oxygen atoms in total. The molecule has 0 bridgehead atoms. The number of aryl methyl sites for hydroxylation is 1. The van der Waals surface area contributed by atoms with E-state index in [0.717, 1.165) is 5.56 Å². The van der Waals surface area contributed by atoms with Gasteiger partial charge in [-0.15, -0.1) is 0 Å². The number of rotatable bonds is 3. The molecule has 0 spiro atoms. The summed E-state index contributed by atoms with van der Waals surface area (Å²) in [6.07, 6.45) is -0.0187. The molecular formula is C13H14N2O4. The standard InChI is InChI=1S/C13H14N2O4/c1-7-2-3-9(5-10(7)12(14)17)15-6-8(13(18)19)4-11(15)16/h2-3,5,8H,4,6H2,1H3,(H2,14,17)(H,18,19). The number of carboxylic acid groups (broad SMARTS) is 1. The minimum absolute atomic E-state index is 0.0187. The van der Waals surface area contributed by atoms with Crippen LogP contribution in [0.4, 0.5) is 5.69 Å². The molecule has 100 valence electrons. The van der Waals surface area contributed by atoms with Gasteiger partial charge in [-0.05, 0) is 24.6 Å². The van der Waals surface area contributed by atoms with Gasteiger partial charge >= 0.3 is 5.97 Å². The van der Waals surface area contributed by atoms with Gasteiger partial charge in [0.25, 0.3) is 0 Å². The molecule has 0 saturated carbocycles. The maximum atomic E-state index is 11.8. The van der Waals surface area contributed by atoms with E-state index in [2.05, 4.69) is 0 Å². The average molecular weight is 262 g/mol. The number of benzene rings is 1. The number of hydrogen-bond acceptors (Lipinski definition) is 3. The van der Waals surface area contributed by atoms with Crippen molar-refractivity contribution in [3.63, 3.8) is 0 Å². The highest BCUT2D eigenvalue weighted by atomic mass is 16.4. The number of primary amides is 1. The van der Waals surface area contributed by atoms with E-state index in [0.29, 0.717) is 11.3 Å². The van der Waals surface area contributed by atoms with Crippen LogP contribution in [-0.4, -0.2) is 29.4 Å². The van der Waals surface area contributed by atoms with E-state index in [1.54, 1.807) is 19.1 Å². The molecule has 1 aromatic carbocycles. The van der Waals surface area contributed by atoms with Gasteiger partial charge in [-0.1, -0.05) is 6.07 Å². The quantitative estimate of drug-likeness (QED) is 0.829. The molecule has 1 aliphatic rings. The van der Waals surface area contributed by atoms with Gasteiger partial charge in [-0.3, -0.25) is 14.4 Å². The number of nitrogens with two attached hydrogens (primary N) is 1. The fraction of sp³-hybridized carbons (Fsp3) is 0.308. The zero-order chi connectivity index (χ0) is 14.2. The summed E-state index contributed by atoms with van der Waals surface area (Å²) in [6.45, 7) is 1.87. The number of carbonyl (C=O) groups is 3. The van der Waals surface area contributed by atoms with E-state index in [9.17, 15) is 14.4 Å². The van der Waals surface area contributed by atoms with Crippen molar-refractivity contribution in [2.75, 3.05) is 11.4 Å². The van der Waals surface area contributed by atoms with E-state index < -0.39 is 17.8 Å². The topological polar surface area (TPSA) is 101 Å². The molecule has 1 aliphatic heterocycles. The number of aliphatic carboxylic acids is 1. The second-order valence-corrected chi connectivity index (χ2v) is 4.61. The summed E-state index contributed by atoms with van der Waals surface area (Å²) >= 11 is 0. The number of amides is 2. The van der Waals surface area contributed by atoms with E-state index in [1.165, 1.54) is 11.0 Å². The second-order valence-electron chi connectivity index (χ2n) is 4.61. The first-order valence-electron chi connectivity index (χ1n) is 5.83. The predicted octanol–water partition coefficient (Wildman–Crippen LogP) is 0.531. The molecule has 1 fully saturated rings. The van der Waals surface area contributed by atoms with E-state index >= 15 is 0 Å². The molecule has 19 heavy (non-hydrogen) atoms. The Balaban J connectivity index is 2.33. The normalized spacial score (nSPS) is 18.7. The van der Waals surface area contributed by atoms with Crippen LogP contribution in [-0.2, 0) is 9.59 Å². The third kappa shape index (κ3) is 2.42. The minimum Gasteiger partial charge on any atom is -0.481 e. The van der Waals surface area contributed by atoms with Crippen molar-refractivity contribution in [1.82, 2.24) is 0 Å². The maximum Gasteiger partial charge on any atom is 0.308 e. The first kappa shape index (κ1) is 13.1. The van der Waals surface area contributed by atoms with Crippen LogP contribution in [0.25, 0.3) is 0 Å². The summed E-state index contributed by atoms with van der Waals surface area (Å²) in [5, 5.41) is 8.93. The maximum absolute atomic E-state index is 11.8. The number of carboxylic acids is 1. The first-order chi connectivity index (χ1) is 8.90. The van der Waals surface area contributed by atoms with Crippen LogP contribution >= 0.6 is 0 Å². The molecule has 0 aromatic heterocycles. The molecule has 0 radical (unpaired) electrons. The Morgan fingerprint density at radius 2 is 2.11 bits per heavy atom. The second kappa shape index (κ2) is 4.72. The summed E-state index contributed by atoms with van der Waals surface area (Å²) in [6, 6.07) is 4.90. The third-order valence-electron chi connectivity index (χ3n) is 3.27. The zero-order valence-corrected chi connectivity index (χ0v) is 10.4. The molecular weight excluding hydrogens is 248 g/mol. The number of hydrogen-bond donors (Lipinski definition) is 2. The fourth-order valence-corrected chi connectivity index (χ4v) is 2.17. The fourth-order valence-electron chi connectivity index (χ4n) is 2.17. The average Bonchev–Trinajstić information content (AvgIpc) is 2.72. The van der Waals surface area contributed by atoms with Crippen LogP contribution in [0.1, 0.15) is 22.3 Å². The summed E-state index contributed by atoms with van der Waals surface area (Å²) in [5.41, 5.74) is 6.82. The molecule has 1 unspecified atom stereocenters. The highest BCUT2D eigenvalue weighted by Crippen LogP contribution is 2.27. The van der Waals surface area contributed by atoms with Gasteiger partial charge in [0.2, 0.25) is 11.8 Å². The lowest BCUT2D eigenvalue weighted by atomic mass is 10.1. The minimum atomic E-state index is -0.988. The molecule has 6 heteroatoms. The smallest absolute Gasteiger partial charge is 0.308 e. The Kier molecular flexibility index (Phi) is 3.25. The Hall–Kier alpha value is -2.37. The third-order valence-corrected chi connectivity index (χ3v) is 3.27. The summed E-state index contributed by atoms with van der Waals surface area (Å²) in [7, 11) is 0. The molecule has 3 N–H and O–H groups in total. The lowest BCUT2D eigenvalue weighted by Crippen LogP contribution is -2.26. The van der Waals surface area contributed by atoms with Crippen LogP contribution in [0.5, 0.6) is 0 Å². The molecule has 1 atom stereocenters. The lowest BCUT2D eigenvalue weighted by molar-refractivity contribution is -0.141. The van der Waals surface area contributed by atoms with Gasteiger partial charge in [0.1, 0.15) is 0 Å². The number of anilines is 1. The van der Waals surface area contributed by atoms with Gasteiger partial charge in [0.15, 0.2) is 0 Å². The molecule has 2 rings (SSSR count). The summed E-state index contributed by atoms with van der Waals surface area (Å²) in [4.78, 5) is 35.3. The molecule has 1 saturated heterocycles. The van der Waals surface area contributed by atoms with Gasteiger partial charge in [0.05, 0.1) is 5.92 Å². The lowest BCUT2D eigenvalue weighted by Gasteiger charge is -2.17. The van der Waals surface area contributed by atoms with E-state index in [1.807, 2.05) is 0 Å². The number of nitrogens with zero attached hydrogens (tertiary/aromatic N) is 1. The highest BCUT2D eigenvalue weighted by Gasteiger charge is 2.35. The van der Waals surface area contributed by atoms with Crippen LogP contribution in [0, 0.1) is 12.8 Å². The van der Waals surface area contributed by atoms with Crippen molar-refractivity contribution in [2.24, 2.45) is 11.7 Å². The van der Waals surface area contributed by atoms with Gasteiger partial charge in [-0.25, -0.2) is 0 Å². The first-order valence-corrected chi connectivity index (χ1v) is 5.83. The van der Waals surface area contributed by atoms with Crippen LogP contribution in [0.2, 0.25) is 0 Å². The number of carbonyl (C=O) groups excluding carboxylic acids is 2. The van der Waals surface area contributed by atoms with Crippen molar-refractivity contribution in [3.8, 4) is 0 Å². The van der Waals surface area contributed by atoms with Gasteiger partial charge in [-0.2, -0.15) is 0 Å². The Bertz CT molecular complexity index is 568. The Morgan fingerprint density at radius 1 is 1.42 bits per heavy atom. The predicted molar refractivity (Wildman–Crippen MR) is 67.8 cm³/mol. The van der Waals surface area contributed by atoms with Crippen molar-refractivity contribution in [2.45, 2.75) is 13.3 Å². The van der Waals surface area contributed by atoms with Crippen LogP contribution in [0.3, 0.4) is 0 Å². The zero-order valence-electron chi connectivity index (χ0n) is 10.4. The van der Waals surface area contributed by atoms with Crippen LogP contribution in [0.15, 0.2) is 18.2 Å². The van der Waals surface area contributed by atoms with Crippen molar-refractivity contribution >= 4 is 23.5 Å². The molecule has 1 aromatic rings. The summed E-state index contributed by atoms with van der Waals surface area (Å²) < 4.78 is 0. The van der Waals surface area contributed by atoms with Crippen LogP contribution < -0.4 is 10.6 Å². The summed E-state index contributed by atoms with van der Waals surface area (Å²) in [5.74, 6) is -2.52. The van der Waals surface area contributed by atoms with E-state index in [-0.39, 0.29) is 18.9 Å². The Morgan fingerprint density at radius 3 is 2.63 bits per heavy atom. The van der Waals surface area contributed by atoms with Gasteiger partial charge in [0, 0.05) is 24.2 Å². The monoisotopic (exact) mass is 262 g/mol. The largest absolute Gasteiger partial charge is 0.481 e. The Labute approximate surface area is 109 Å². The van der Waals surface area contributed by atoms with Gasteiger partial charge < -0.3 is 15.7 Å². The van der Waals surface area contributed by atoms with Crippen molar-refractivity contribution in [3.05, 3.63) is 29.3 Å². The molecule has 1 heterocycles. The SMILES string of the molecule is Cc1ccc(N2CC(C(=O)O)CC2=O)cc1C(N)=O. The molecule has 2 amide bonds. The highest BCUT2D eigenvalue weighted by molar-refractivity contribution is 6.01. The van der Waals surface area contributed by atoms with Crippen molar-refractivity contribution < 1.29 is 19.5 Å². The van der Waals surface area contributed by atoms with E-state index in [4.69, 9.17) is 10.8 Å².